The molecule has 4 aliphatic carbocycles. The summed E-state index contributed by atoms with van der Waals surface area (Å²) in [5.41, 5.74) is 0. The van der Waals surface area contributed by atoms with Crippen LogP contribution in [0.2, 0.25) is 0 Å². The molecule has 5 nitrogen and oxygen atoms in total. The summed E-state index contributed by atoms with van der Waals surface area (Å²) in [6, 6.07) is -0.222. The van der Waals surface area contributed by atoms with Crippen molar-refractivity contribution in [2.45, 2.75) is 38.5 Å². The molecule has 4 rings (SSSR count). The minimum atomic E-state index is -0.883. The molecule has 0 aromatic carbocycles. The maximum atomic E-state index is 11.6. The van der Waals surface area contributed by atoms with Gasteiger partial charge in [0, 0.05) is 13.1 Å². The molecule has 0 spiro atoms. The second-order valence-corrected chi connectivity index (χ2v) is 6.88. The molecule has 0 aromatic heterocycles. The average molecular weight is 280 g/mol. The number of carbonyl (C=O) groups excluding carboxylic acids is 1. The Hall–Kier alpha value is -1.26. The molecule has 2 amide bonds. The van der Waals surface area contributed by atoms with Crippen molar-refractivity contribution in [1.82, 2.24) is 10.6 Å². The van der Waals surface area contributed by atoms with E-state index < -0.39 is 5.97 Å². The molecule has 20 heavy (non-hydrogen) atoms. The molecule has 0 aliphatic heterocycles. The topological polar surface area (TPSA) is 78.4 Å². The van der Waals surface area contributed by atoms with E-state index in [-0.39, 0.29) is 19.0 Å². The molecule has 5 heteroatoms. The van der Waals surface area contributed by atoms with Crippen LogP contribution in [-0.4, -0.2) is 30.2 Å². The molecule has 0 heterocycles. The molecule has 4 aliphatic rings. The zero-order chi connectivity index (χ0) is 14.1. The van der Waals surface area contributed by atoms with E-state index in [1.54, 1.807) is 0 Å². The smallest absolute Gasteiger partial charge is 0.314 e. The summed E-state index contributed by atoms with van der Waals surface area (Å²) in [7, 11) is 0. The highest BCUT2D eigenvalue weighted by molar-refractivity contribution is 5.74. The Bertz CT molecular complexity index is 369. The Morgan fingerprint density at radius 1 is 0.950 bits per heavy atom. The first-order chi connectivity index (χ1) is 9.61. The highest BCUT2D eigenvalue weighted by atomic mass is 16.4. The number of rotatable bonds is 5. The Labute approximate surface area is 119 Å². The van der Waals surface area contributed by atoms with Gasteiger partial charge in [-0.3, -0.25) is 4.79 Å². The van der Waals surface area contributed by atoms with Gasteiger partial charge < -0.3 is 15.7 Å². The maximum Gasteiger partial charge on any atom is 0.314 e. The van der Waals surface area contributed by atoms with Gasteiger partial charge in [0.25, 0.3) is 0 Å². The first-order valence-electron chi connectivity index (χ1n) is 7.85. The fourth-order valence-electron chi connectivity index (χ4n) is 4.93. The molecular formula is C15H24N2O3. The Morgan fingerprint density at radius 2 is 1.55 bits per heavy atom. The third kappa shape index (κ3) is 2.91. The van der Waals surface area contributed by atoms with Gasteiger partial charge in [0.2, 0.25) is 0 Å². The number of aliphatic carboxylic acids is 1. The van der Waals surface area contributed by atoms with Gasteiger partial charge in [-0.25, -0.2) is 4.79 Å². The largest absolute Gasteiger partial charge is 0.481 e. The van der Waals surface area contributed by atoms with Crippen LogP contribution in [0.1, 0.15) is 38.5 Å². The SMILES string of the molecule is O=C(O)CCNC(=O)NCC1C2CC3CC(C2)CC1C3. The molecule has 0 aromatic rings. The summed E-state index contributed by atoms with van der Waals surface area (Å²) in [6.45, 7) is 0.955. The lowest BCUT2D eigenvalue weighted by Gasteiger charge is -2.54. The zero-order valence-corrected chi connectivity index (χ0v) is 11.8. The minimum absolute atomic E-state index is 0.0224. The summed E-state index contributed by atoms with van der Waals surface area (Å²) in [5.74, 6) is 3.30. The first-order valence-corrected chi connectivity index (χ1v) is 7.85. The summed E-state index contributed by atoms with van der Waals surface area (Å²) >= 11 is 0. The molecule has 0 atom stereocenters. The third-order valence-electron chi connectivity index (χ3n) is 5.54. The van der Waals surface area contributed by atoms with Gasteiger partial charge in [-0.05, 0) is 61.7 Å². The monoisotopic (exact) mass is 280 g/mol. The standard InChI is InChI=1S/C15H24N2O3/c18-14(19)1-2-16-15(20)17-8-13-11-4-9-3-10(6-11)7-12(13)5-9/h9-13H,1-8H2,(H,18,19)(H2,16,17,20). The lowest BCUT2D eigenvalue weighted by Crippen LogP contribution is -2.50. The highest BCUT2D eigenvalue weighted by Crippen LogP contribution is 2.56. The van der Waals surface area contributed by atoms with E-state index in [1.165, 1.54) is 32.1 Å². The van der Waals surface area contributed by atoms with Crippen LogP contribution >= 0.6 is 0 Å². The van der Waals surface area contributed by atoms with E-state index in [0.29, 0.717) is 5.92 Å². The lowest BCUT2D eigenvalue weighted by molar-refractivity contribution is -0.136. The van der Waals surface area contributed by atoms with Gasteiger partial charge >= 0.3 is 12.0 Å². The third-order valence-corrected chi connectivity index (χ3v) is 5.54. The van der Waals surface area contributed by atoms with Crippen LogP contribution in [0.5, 0.6) is 0 Å². The molecule has 0 unspecified atom stereocenters. The number of carbonyl (C=O) groups is 2. The molecule has 112 valence electrons. The van der Waals surface area contributed by atoms with Crippen LogP contribution in [-0.2, 0) is 4.79 Å². The van der Waals surface area contributed by atoms with Crippen LogP contribution in [0.25, 0.3) is 0 Å². The molecular weight excluding hydrogens is 256 g/mol. The van der Waals surface area contributed by atoms with E-state index in [0.717, 1.165) is 30.2 Å². The number of amides is 2. The molecule has 0 saturated heterocycles. The lowest BCUT2D eigenvalue weighted by atomic mass is 9.52. The van der Waals surface area contributed by atoms with Crippen molar-refractivity contribution in [3.8, 4) is 0 Å². The quantitative estimate of drug-likeness (QED) is 0.719. The van der Waals surface area contributed by atoms with Crippen LogP contribution in [0.4, 0.5) is 4.79 Å². The van der Waals surface area contributed by atoms with Gasteiger partial charge in [-0.1, -0.05) is 0 Å². The van der Waals surface area contributed by atoms with Gasteiger partial charge in [0.15, 0.2) is 0 Å². The molecule has 0 radical (unpaired) electrons. The predicted molar refractivity (Wildman–Crippen MR) is 74.2 cm³/mol. The van der Waals surface area contributed by atoms with E-state index in [2.05, 4.69) is 10.6 Å². The van der Waals surface area contributed by atoms with Crippen molar-refractivity contribution >= 4 is 12.0 Å². The number of nitrogens with one attached hydrogen (secondary N) is 2. The second-order valence-electron chi connectivity index (χ2n) is 6.88. The highest BCUT2D eigenvalue weighted by Gasteiger charge is 2.47. The van der Waals surface area contributed by atoms with E-state index in [1.807, 2.05) is 0 Å². The van der Waals surface area contributed by atoms with E-state index in [9.17, 15) is 9.59 Å². The predicted octanol–water partition coefficient (Wildman–Crippen LogP) is 1.83. The number of carboxylic acid groups (broad SMARTS) is 1. The number of hydrogen-bond acceptors (Lipinski definition) is 2. The minimum Gasteiger partial charge on any atom is -0.481 e. The first kappa shape index (κ1) is 13.7. The summed E-state index contributed by atoms with van der Waals surface area (Å²) in [5, 5.41) is 14.1. The van der Waals surface area contributed by atoms with E-state index >= 15 is 0 Å². The van der Waals surface area contributed by atoms with Crippen molar-refractivity contribution in [1.29, 1.82) is 0 Å². The molecule has 4 saturated carbocycles. The average Bonchev–Trinajstić information content (AvgIpc) is 2.36. The van der Waals surface area contributed by atoms with Crippen LogP contribution in [0, 0.1) is 29.6 Å². The molecule has 4 fully saturated rings. The van der Waals surface area contributed by atoms with Crippen molar-refractivity contribution < 1.29 is 14.7 Å². The Kier molecular flexibility index (Phi) is 3.85. The number of carboxylic acids is 1. The fourth-order valence-corrected chi connectivity index (χ4v) is 4.93. The van der Waals surface area contributed by atoms with Gasteiger partial charge in [-0.2, -0.15) is 0 Å². The molecule has 4 bridgehead atoms. The maximum absolute atomic E-state index is 11.6. The van der Waals surface area contributed by atoms with E-state index in [4.69, 9.17) is 5.11 Å². The molecule has 3 N–H and O–H groups in total. The summed E-state index contributed by atoms with van der Waals surface area (Å²) in [6.07, 6.45) is 6.87. The number of hydrogen-bond donors (Lipinski definition) is 3. The normalized spacial score (nSPS) is 37.7. The number of urea groups is 1. The Balaban J connectivity index is 1.42. The fraction of sp³-hybridized carbons (Fsp3) is 0.867. The van der Waals surface area contributed by atoms with Crippen molar-refractivity contribution in [3.63, 3.8) is 0 Å². The van der Waals surface area contributed by atoms with Crippen LogP contribution < -0.4 is 10.6 Å². The van der Waals surface area contributed by atoms with Gasteiger partial charge in [-0.15, -0.1) is 0 Å². The van der Waals surface area contributed by atoms with Crippen molar-refractivity contribution in [2.75, 3.05) is 13.1 Å². The summed E-state index contributed by atoms with van der Waals surface area (Å²) < 4.78 is 0. The van der Waals surface area contributed by atoms with Crippen LogP contribution in [0.3, 0.4) is 0 Å². The zero-order valence-electron chi connectivity index (χ0n) is 11.8. The van der Waals surface area contributed by atoms with Crippen LogP contribution in [0.15, 0.2) is 0 Å². The van der Waals surface area contributed by atoms with Gasteiger partial charge in [0.1, 0.15) is 0 Å². The Morgan fingerprint density at radius 3 is 2.10 bits per heavy atom. The van der Waals surface area contributed by atoms with Crippen molar-refractivity contribution in [3.05, 3.63) is 0 Å². The summed E-state index contributed by atoms with van der Waals surface area (Å²) in [4.78, 5) is 22.0. The van der Waals surface area contributed by atoms with Gasteiger partial charge in [0.05, 0.1) is 6.42 Å². The van der Waals surface area contributed by atoms with Crippen molar-refractivity contribution in [2.24, 2.45) is 29.6 Å². The second kappa shape index (κ2) is 5.62.